The van der Waals surface area contributed by atoms with E-state index in [1.807, 2.05) is 0 Å². The summed E-state index contributed by atoms with van der Waals surface area (Å²) in [5, 5.41) is 15.5. The molecule has 182 valence electrons. The molecule has 0 spiro atoms. The smallest absolute Gasteiger partial charge is 0.413 e. The van der Waals surface area contributed by atoms with Crippen LogP contribution < -0.4 is 10.6 Å². The lowest BCUT2D eigenvalue weighted by Gasteiger charge is -2.27. The van der Waals surface area contributed by atoms with E-state index in [1.165, 1.54) is 10.9 Å². The molecule has 12 nitrogen and oxygen atoms in total. The zero-order valence-corrected chi connectivity index (χ0v) is 19.4. The molecule has 1 saturated heterocycles. The highest BCUT2D eigenvalue weighted by Crippen LogP contribution is 2.38. The molecule has 0 saturated carbocycles. The molecule has 2 aromatic heterocycles. The Morgan fingerprint density at radius 2 is 2.06 bits per heavy atom. The van der Waals surface area contributed by atoms with Gasteiger partial charge in [-0.25, -0.2) is 14.6 Å². The summed E-state index contributed by atoms with van der Waals surface area (Å²) in [6.45, 7) is 10.0. The minimum atomic E-state index is -1.21. The summed E-state index contributed by atoms with van der Waals surface area (Å²) in [5.41, 5.74) is -1.81. The number of nitrogens with one attached hydrogen (secondary N) is 2. The van der Waals surface area contributed by atoms with Crippen molar-refractivity contribution in [1.82, 2.24) is 24.8 Å². The number of rotatable bonds is 5. The second kappa shape index (κ2) is 9.06. The number of hydrogen-bond donors (Lipinski definition) is 3. The van der Waals surface area contributed by atoms with Crippen molar-refractivity contribution in [2.24, 2.45) is 0 Å². The SMILES string of the molecule is CC(C)NC(=O)OC[C@@]1(C)O[C@@H](n2cnc3c(NC(=O)OC(C)(C)C)nc(F)nc32)C[C@@H]1O. The van der Waals surface area contributed by atoms with E-state index in [0.717, 1.165) is 0 Å². The molecule has 2 amide bonds. The lowest BCUT2D eigenvalue weighted by molar-refractivity contribution is -0.116. The number of amides is 2. The monoisotopic (exact) mass is 468 g/mol. The molecular weight excluding hydrogens is 439 g/mol. The second-order valence-electron chi connectivity index (χ2n) is 9.30. The fourth-order valence-electron chi connectivity index (χ4n) is 3.25. The molecule has 0 aromatic carbocycles. The number of aromatic nitrogens is 4. The van der Waals surface area contributed by atoms with Gasteiger partial charge in [-0.05, 0) is 41.5 Å². The lowest BCUT2D eigenvalue weighted by atomic mass is 10.0. The number of imidazole rings is 1. The number of anilines is 1. The Bertz CT molecular complexity index is 1040. The number of carbonyl (C=O) groups excluding carboxylic acids is 2. The summed E-state index contributed by atoms with van der Waals surface area (Å²) in [5.74, 6) is -0.166. The maximum atomic E-state index is 14.2. The Hall–Kier alpha value is -3.06. The summed E-state index contributed by atoms with van der Waals surface area (Å²) < 4.78 is 31.9. The van der Waals surface area contributed by atoms with Crippen LogP contribution in [0.5, 0.6) is 0 Å². The van der Waals surface area contributed by atoms with Crippen molar-refractivity contribution in [1.29, 1.82) is 0 Å². The maximum Gasteiger partial charge on any atom is 0.413 e. The molecule has 0 radical (unpaired) electrons. The van der Waals surface area contributed by atoms with Gasteiger partial charge in [0.1, 0.15) is 24.0 Å². The minimum absolute atomic E-state index is 0.0495. The van der Waals surface area contributed by atoms with Gasteiger partial charge in [0.2, 0.25) is 0 Å². The molecule has 3 heterocycles. The van der Waals surface area contributed by atoms with Crippen LogP contribution in [0, 0.1) is 6.08 Å². The summed E-state index contributed by atoms with van der Waals surface area (Å²) in [4.78, 5) is 35.5. The van der Waals surface area contributed by atoms with Crippen LogP contribution in [0.25, 0.3) is 11.2 Å². The van der Waals surface area contributed by atoms with Crippen molar-refractivity contribution in [2.45, 2.75) is 77.5 Å². The number of aliphatic hydroxyl groups is 1. The largest absolute Gasteiger partial charge is 0.446 e. The van der Waals surface area contributed by atoms with Gasteiger partial charge < -0.3 is 24.6 Å². The molecule has 0 bridgehead atoms. The van der Waals surface area contributed by atoms with Gasteiger partial charge in [0.25, 0.3) is 0 Å². The number of fused-ring (bicyclic) bond motifs is 1. The van der Waals surface area contributed by atoms with Gasteiger partial charge in [-0.1, -0.05) is 0 Å². The van der Waals surface area contributed by atoms with Crippen LogP contribution in [0.15, 0.2) is 6.33 Å². The van der Waals surface area contributed by atoms with Crippen molar-refractivity contribution >= 4 is 29.2 Å². The Morgan fingerprint density at radius 3 is 2.70 bits per heavy atom. The van der Waals surface area contributed by atoms with Crippen LogP contribution >= 0.6 is 0 Å². The van der Waals surface area contributed by atoms with Crippen molar-refractivity contribution in [3.05, 3.63) is 12.4 Å². The van der Waals surface area contributed by atoms with E-state index >= 15 is 0 Å². The zero-order chi connectivity index (χ0) is 24.6. The van der Waals surface area contributed by atoms with Gasteiger partial charge in [0, 0.05) is 12.5 Å². The van der Waals surface area contributed by atoms with E-state index in [0.29, 0.717) is 0 Å². The number of carbonyl (C=O) groups is 2. The third-order valence-electron chi connectivity index (χ3n) is 4.76. The van der Waals surface area contributed by atoms with Crippen molar-refractivity contribution in [3.63, 3.8) is 0 Å². The van der Waals surface area contributed by atoms with Crippen LogP contribution in [-0.2, 0) is 14.2 Å². The second-order valence-corrected chi connectivity index (χ2v) is 9.30. The van der Waals surface area contributed by atoms with Gasteiger partial charge >= 0.3 is 18.3 Å². The first-order valence-corrected chi connectivity index (χ1v) is 10.5. The molecule has 3 atom stereocenters. The Morgan fingerprint density at radius 1 is 1.36 bits per heavy atom. The molecule has 33 heavy (non-hydrogen) atoms. The van der Waals surface area contributed by atoms with Crippen molar-refractivity contribution in [3.8, 4) is 0 Å². The van der Waals surface area contributed by atoms with E-state index in [4.69, 9.17) is 14.2 Å². The maximum absolute atomic E-state index is 14.2. The summed E-state index contributed by atoms with van der Waals surface area (Å²) in [6, 6.07) is -0.108. The average Bonchev–Trinajstić information content (AvgIpc) is 3.19. The number of ether oxygens (including phenoxy) is 3. The van der Waals surface area contributed by atoms with E-state index in [-0.39, 0.29) is 36.1 Å². The normalized spacial score (nSPS) is 23.1. The third-order valence-corrected chi connectivity index (χ3v) is 4.76. The fraction of sp³-hybridized carbons (Fsp3) is 0.650. The van der Waals surface area contributed by atoms with E-state index < -0.39 is 41.8 Å². The molecular formula is C20H29FN6O6. The zero-order valence-electron chi connectivity index (χ0n) is 19.4. The number of alkyl carbamates (subject to hydrolysis) is 1. The molecule has 3 rings (SSSR count). The van der Waals surface area contributed by atoms with Crippen LogP contribution in [0.2, 0.25) is 0 Å². The van der Waals surface area contributed by atoms with Gasteiger partial charge in [0.15, 0.2) is 17.0 Å². The summed E-state index contributed by atoms with van der Waals surface area (Å²) in [7, 11) is 0. The predicted octanol–water partition coefficient (Wildman–Crippen LogP) is 2.49. The third kappa shape index (κ3) is 5.85. The van der Waals surface area contributed by atoms with E-state index in [9.17, 15) is 19.1 Å². The lowest BCUT2D eigenvalue weighted by Crippen LogP contribution is -2.43. The molecule has 0 unspecified atom stereocenters. The first-order chi connectivity index (χ1) is 15.3. The molecule has 2 aromatic rings. The molecule has 1 fully saturated rings. The first kappa shape index (κ1) is 24.6. The molecule has 1 aliphatic heterocycles. The highest BCUT2D eigenvalue weighted by Gasteiger charge is 2.46. The van der Waals surface area contributed by atoms with Crippen molar-refractivity contribution in [2.75, 3.05) is 11.9 Å². The van der Waals surface area contributed by atoms with Crippen LogP contribution in [0.3, 0.4) is 0 Å². The number of nitrogens with zero attached hydrogens (tertiary/aromatic N) is 4. The van der Waals surface area contributed by atoms with E-state index in [1.54, 1.807) is 41.5 Å². The van der Waals surface area contributed by atoms with Crippen LogP contribution in [-0.4, -0.2) is 66.8 Å². The summed E-state index contributed by atoms with van der Waals surface area (Å²) >= 11 is 0. The Kier molecular flexibility index (Phi) is 6.75. The number of hydrogen-bond acceptors (Lipinski definition) is 9. The van der Waals surface area contributed by atoms with Crippen LogP contribution in [0.4, 0.5) is 19.8 Å². The quantitative estimate of drug-likeness (QED) is 0.562. The molecule has 13 heteroatoms. The van der Waals surface area contributed by atoms with Gasteiger partial charge in [-0.3, -0.25) is 9.88 Å². The average molecular weight is 468 g/mol. The van der Waals surface area contributed by atoms with Crippen LogP contribution in [0.1, 0.15) is 54.2 Å². The summed E-state index contributed by atoms with van der Waals surface area (Å²) in [6.07, 6.45) is -2.87. The fourth-order valence-corrected chi connectivity index (χ4v) is 3.25. The molecule has 0 aliphatic carbocycles. The Balaban J connectivity index is 1.80. The number of aliphatic hydroxyl groups excluding tert-OH is 1. The van der Waals surface area contributed by atoms with Gasteiger partial charge in [0.05, 0.1) is 12.4 Å². The first-order valence-electron chi connectivity index (χ1n) is 10.5. The molecule has 1 aliphatic rings. The standard InChI is InChI=1S/C20H29FN6O6/c1-10(2)23-17(29)31-8-20(6)11(28)7-12(32-20)27-9-22-13-14(24-16(21)26-15(13)27)25-18(30)33-19(3,4)5/h9-12,28H,7-8H2,1-6H3,(H,23,29)(H,24,25,26,30)/t11-,12+,20+/m0/s1. The highest BCUT2D eigenvalue weighted by atomic mass is 19.1. The van der Waals surface area contributed by atoms with Gasteiger partial charge in [-0.2, -0.15) is 14.4 Å². The van der Waals surface area contributed by atoms with Crippen molar-refractivity contribution < 1.29 is 33.3 Å². The number of halogens is 1. The van der Waals surface area contributed by atoms with E-state index in [2.05, 4.69) is 25.6 Å². The topological polar surface area (TPSA) is 150 Å². The van der Waals surface area contributed by atoms with Gasteiger partial charge in [-0.15, -0.1) is 0 Å². The minimum Gasteiger partial charge on any atom is -0.446 e. The predicted molar refractivity (Wildman–Crippen MR) is 114 cm³/mol. The Labute approximate surface area is 189 Å². The molecule has 3 N–H and O–H groups in total. The highest BCUT2D eigenvalue weighted by molar-refractivity contribution is 5.93.